The first-order chi connectivity index (χ1) is 15.9. The average molecular weight is 456 g/mol. The quantitative estimate of drug-likeness (QED) is 0.510. The zero-order valence-corrected chi connectivity index (χ0v) is 18.7. The molecule has 0 spiro atoms. The second-order valence-corrected chi connectivity index (χ2v) is 7.35. The molecule has 1 aromatic heterocycles. The van der Waals surface area contributed by atoms with Crippen molar-refractivity contribution in [2.24, 2.45) is 0 Å². The number of ether oxygens (including phenoxy) is 6. The van der Waals surface area contributed by atoms with Crippen LogP contribution in [0.25, 0.3) is 22.3 Å². The minimum atomic E-state index is -0.886. The van der Waals surface area contributed by atoms with Crippen molar-refractivity contribution in [1.29, 1.82) is 0 Å². The lowest BCUT2D eigenvalue weighted by Gasteiger charge is -2.18. The van der Waals surface area contributed by atoms with Crippen LogP contribution in [0.4, 0.5) is 0 Å². The molecule has 0 saturated heterocycles. The summed E-state index contributed by atoms with van der Waals surface area (Å²) in [5, 5.41) is 10.2. The molecular weight excluding hydrogens is 432 g/mol. The Morgan fingerprint density at radius 2 is 1.79 bits per heavy atom. The van der Waals surface area contributed by atoms with E-state index < -0.39 is 11.5 Å². The molecule has 4 rings (SSSR count). The lowest BCUT2D eigenvalue weighted by Crippen LogP contribution is -2.18. The number of rotatable bonds is 8. The summed E-state index contributed by atoms with van der Waals surface area (Å²) < 4.78 is 39.1. The third-order valence-electron chi connectivity index (χ3n) is 5.24. The standard InChI is InChI=1S/C24H24O9/c1-12(2)14(25)10-30-18-9-17(27-3)19-20(26)24(29-5)21(33-23(19)22(18)28-4)13-6-7-15-16(8-13)32-11-31-15/h6-9,14,25H,1,10-11H2,2-5H3. The van der Waals surface area contributed by atoms with Gasteiger partial charge in [-0.3, -0.25) is 4.79 Å². The van der Waals surface area contributed by atoms with Gasteiger partial charge in [0.2, 0.25) is 23.7 Å². The van der Waals surface area contributed by atoms with Crippen LogP contribution < -0.4 is 33.8 Å². The molecule has 0 radical (unpaired) electrons. The van der Waals surface area contributed by atoms with Crippen LogP contribution >= 0.6 is 0 Å². The van der Waals surface area contributed by atoms with Gasteiger partial charge in [-0.2, -0.15) is 0 Å². The van der Waals surface area contributed by atoms with E-state index in [2.05, 4.69) is 6.58 Å². The maximum absolute atomic E-state index is 13.4. The molecule has 2 aromatic carbocycles. The van der Waals surface area contributed by atoms with E-state index in [4.69, 9.17) is 32.8 Å². The van der Waals surface area contributed by atoms with Gasteiger partial charge >= 0.3 is 0 Å². The Morgan fingerprint density at radius 3 is 2.45 bits per heavy atom. The summed E-state index contributed by atoms with van der Waals surface area (Å²) >= 11 is 0. The molecule has 1 unspecified atom stereocenters. The molecule has 1 aliphatic rings. The normalized spacial score (nSPS) is 13.0. The third-order valence-corrected chi connectivity index (χ3v) is 5.24. The predicted octanol–water partition coefficient (Wildman–Crippen LogP) is 3.53. The van der Waals surface area contributed by atoms with Crippen molar-refractivity contribution < 1.29 is 37.9 Å². The molecule has 0 bridgehead atoms. The Bertz CT molecular complexity index is 1280. The second kappa shape index (κ2) is 8.95. The van der Waals surface area contributed by atoms with Crippen molar-refractivity contribution in [3.05, 3.63) is 46.6 Å². The minimum Gasteiger partial charge on any atom is -0.496 e. The SMILES string of the molecule is C=C(C)C(O)COc1cc(OC)c2c(=O)c(OC)c(-c3ccc4c(c3)OCO4)oc2c1OC. The van der Waals surface area contributed by atoms with Gasteiger partial charge in [0.25, 0.3) is 0 Å². The molecule has 0 amide bonds. The molecule has 0 fully saturated rings. The molecule has 1 atom stereocenters. The van der Waals surface area contributed by atoms with E-state index >= 15 is 0 Å². The Labute approximate surface area is 189 Å². The second-order valence-electron chi connectivity index (χ2n) is 7.35. The average Bonchev–Trinajstić information content (AvgIpc) is 3.29. The highest BCUT2D eigenvalue weighted by molar-refractivity contribution is 5.93. The van der Waals surface area contributed by atoms with Gasteiger partial charge in [0.05, 0.1) is 21.3 Å². The molecule has 33 heavy (non-hydrogen) atoms. The zero-order chi connectivity index (χ0) is 23.7. The first kappa shape index (κ1) is 22.3. The highest BCUT2D eigenvalue weighted by Gasteiger charge is 2.26. The van der Waals surface area contributed by atoms with Gasteiger partial charge in [0.15, 0.2) is 28.6 Å². The van der Waals surface area contributed by atoms with Crippen LogP contribution in [0.15, 0.2) is 45.6 Å². The van der Waals surface area contributed by atoms with Gasteiger partial charge in [0, 0.05) is 11.6 Å². The fraction of sp³-hybridized carbons (Fsp3) is 0.292. The summed E-state index contributed by atoms with van der Waals surface area (Å²) in [6, 6.07) is 6.65. The van der Waals surface area contributed by atoms with Gasteiger partial charge in [-0.05, 0) is 30.7 Å². The molecule has 174 valence electrons. The maximum atomic E-state index is 13.4. The van der Waals surface area contributed by atoms with Crippen molar-refractivity contribution >= 4 is 11.0 Å². The molecule has 9 heteroatoms. The topological polar surface area (TPSA) is 106 Å². The fourth-order valence-corrected chi connectivity index (χ4v) is 3.46. The van der Waals surface area contributed by atoms with Gasteiger partial charge in [-0.15, -0.1) is 0 Å². The number of fused-ring (bicyclic) bond motifs is 2. The van der Waals surface area contributed by atoms with Crippen LogP contribution in [0.5, 0.6) is 34.5 Å². The summed E-state index contributed by atoms with van der Waals surface area (Å²) in [7, 11) is 4.23. The number of aliphatic hydroxyl groups excluding tert-OH is 1. The van der Waals surface area contributed by atoms with E-state index in [1.165, 1.54) is 27.4 Å². The summed E-state index contributed by atoms with van der Waals surface area (Å²) in [5.74, 6) is 1.88. The van der Waals surface area contributed by atoms with Crippen molar-refractivity contribution in [2.45, 2.75) is 13.0 Å². The van der Waals surface area contributed by atoms with E-state index in [9.17, 15) is 9.90 Å². The van der Waals surface area contributed by atoms with Crippen LogP contribution in [0, 0.1) is 0 Å². The lowest BCUT2D eigenvalue weighted by atomic mass is 10.1. The Morgan fingerprint density at radius 1 is 1.06 bits per heavy atom. The molecule has 2 heterocycles. The first-order valence-corrected chi connectivity index (χ1v) is 10.1. The van der Waals surface area contributed by atoms with E-state index in [1.807, 2.05) is 0 Å². The van der Waals surface area contributed by atoms with E-state index in [-0.39, 0.29) is 53.1 Å². The molecule has 1 aliphatic heterocycles. The largest absolute Gasteiger partial charge is 0.496 e. The highest BCUT2D eigenvalue weighted by Crippen LogP contribution is 2.45. The summed E-state index contributed by atoms with van der Waals surface area (Å²) in [6.07, 6.45) is -0.886. The molecule has 1 N–H and O–H groups in total. The summed E-state index contributed by atoms with van der Waals surface area (Å²) in [5.41, 5.74) is 0.744. The molecule has 0 aliphatic carbocycles. The first-order valence-electron chi connectivity index (χ1n) is 10.1. The van der Waals surface area contributed by atoms with Crippen molar-refractivity contribution in [3.8, 4) is 45.8 Å². The monoisotopic (exact) mass is 456 g/mol. The van der Waals surface area contributed by atoms with Crippen LogP contribution in [-0.4, -0.2) is 45.9 Å². The van der Waals surface area contributed by atoms with Crippen LogP contribution in [0.3, 0.4) is 0 Å². The van der Waals surface area contributed by atoms with E-state index in [0.29, 0.717) is 22.6 Å². The smallest absolute Gasteiger partial charge is 0.239 e. The lowest BCUT2D eigenvalue weighted by molar-refractivity contribution is 0.133. The fourth-order valence-electron chi connectivity index (χ4n) is 3.46. The maximum Gasteiger partial charge on any atom is 0.239 e. The van der Waals surface area contributed by atoms with Crippen LogP contribution in [0.2, 0.25) is 0 Å². The summed E-state index contributed by atoms with van der Waals surface area (Å²) in [6.45, 7) is 5.44. The molecule has 9 nitrogen and oxygen atoms in total. The Kier molecular flexibility index (Phi) is 6.06. The van der Waals surface area contributed by atoms with Crippen LogP contribution in [0.1, 0.15) is 6.92 Å². The van der Waals surface area contributed by atoms with Crippen molar-refractivity contribution in [2.75, 3.05) is 34.7 Å². The highest BCUT2D eigenvalue weighted by atomic mass is 16.7. The van der Waals surface area contributed by atoms with Crippen molar-refractivity contribution in [3.63, 3.8) is 0 Å². The van der Waals surface area contributed by atoms with Gasteiger partial charge in [-0.25, -0.2) is 0 Å². The number of methoxy groups -OCH3 is 3. The summed E-state index contributed by atoms with van der Waals surface area (Å²) in [4.78, 5) is 13.4. The van der Waals surface area contributed by atoms with Gasteiger partial charge in [0.1, 0.15) is 23.8 Å². The predicted molar refractivity (Wildman–Crippen MR) is 120 cm³/mol. The van der Waals surface area contributed by atoms with Gasteiger partial charge < -0.3 is 37.9 Å². The Hall–Kier alpha value is -3.85. The Balaban J connectivity index is 1.95. The van der Waals surface area contributed by atoms with Crippen molar-refractivity contribution in [1.82, 2.24) is 0 Å². The minimum absolute atomic E-state index is 0.00640. The van der Waals surface area contributed by atoms with Gasteiger partial charge in [-0.1, -0.05) is 6.58 Å². The molecule has 3 aromatic rings. The zero-order valence-electron chi connectivity index (χ0n) is 18.7. The molecule has 0 saturated carbocycles. The van der Waals surface area contributed by atoms with E-state index in [1.54, 1.807) is 25.1 Å². The molecular formula is C24H24O9. The number of aliphatic hydroxyl groups is 1. The number of hydrogen-bond acceptors (Lipinski definition) is 9. The van der Waals surface area contributed by atoms with Crippen LogP contribution in [-0.2, 0) is 0 Å². The third kappa shape index (κ3) is 3.91. The number of benzene rings is 2. The van der Waals surface area contributed by atoms with E-state index in [0.717, 1.165) is 0 Å². The number of hydrogen-bond donors (Lipinski definition) is 1.